The molecule has 1 aliphatic rings. The summed E-state index contributed by atoms with van der Waals surface area (Å²) in [4.78, 5) is 6.99. The van der Waals surface area contributed by atoms with Gasteiger partial charge in [0.15, 0.2) is 0 Å². The summed E-state index contributed by atoms with van der Waals surface area (Å²) in [5.41, 5.74) is 4.15. The largest absolute Gasteiger partial charge is 0.493 e. The number of hydrogen-bond donors (Lipinski definition) is 0. The predicted octanol–water partition coefficient (Wildman–Crippen LogP) is 4.19. The Labute approximate surface area is 182 Å². The van der Waals surface area contributed by atoms with E-state index in [2.05, 4.69) is 27.2 Å². The standard InChI is InChI=1S/C25H26N4O2/c1-2-5-21(6-3-1)29-19-20(18-27-29)23-9-10-26-25-17-22(7-8-24(23)25)31-14-4-11-28-12-15-30-16-13-28/h1-3,5-10,17-19H,4,11-16H2. The van der Waals surface area contributed by atoms with Gasteiger partial charge in [-0.15, -0.1) is 0 Å². The van der Waals surface area contributed by atoms with Crippen molar-refractivity contribution in [2.24, 2.45) is 0 Å². The highest BCUT2D eigenvalue weighted by atomic mass is 16.5. The van der Waals surface area contributed by atoms with Crippen molar-refractivity contribution in [3.05, 3.63) is 73.2 Å². The van der Waals surface area contributed by atoms with E-state index < -0.39 is 0 Å². The summed E-state index contributed by atoms with van der Waals surface area (Å²) in [5, 5.41) is 5.63. The SMILES string of the molecule is c1ccc(-n2cc(-c3ccnc4cc(OCCCN5CCOCC5)ccc34)cn2)cc1. The molecule has 1 saturated heterocycles. The fourth-order valence-corrected chi connectivity index (χ4v) is 3.96. The summed E-state index contributed by atoms with van der Waals surface area (Å²) in [6, 6.07) is 18.3. The Kier molecular flexibility index (Phi) is 5.91. The Morgan fingerprint density at radius 2 is 1.87 bits per heavy atom. The second-order valence-corrected chi connectivity index (χ2v) is 7.70. The van der Waals surface area contributed by atoms with Gasteiger partial charge in [-0.25, -0.2) is 4.68 Å². The zero-order valence-corrected chi connectivity index (χ0v) is 17.5. The average molecular weight is 415 g/mol. The molecule has 1 fully saturated rings. The van der Waals surface area contributed by atoms with Gasteiger partial charge >= 0.3 is 0 Å². The summed E-state index contributed by atoms with van der Waals surface area (Å²) in [6.45, 7) is 5.46. The quantitative estimate of drug-likeness (QED) is 0.425. The zero-order chi connectivity index (χ0) is 20.9. The number of nitrogens with zero attached hydrogens (tertiary/aromatic N) is 4. The molecule has 0 radical (unpaired) electrons. The minimum Gasteiger partial charge on any atom is -0.493 e. The van der Waals surface area contributed by atoms with Crippen LogP contribution in [0.5, 0.6) is 5.75 Å². The number of ether oxygens (including phenoxy) is 2. The molecule has 3 heterocycles. The maximum absolute atomic E-state index is 6.00. The summed E-state index contributed by atoms with van der Waals surface area (Å²) in [7, 11) is 0. The number of hydrogen-bond acceptors (Lipinski definition) is 5. The summed E-state index contributed by atoms with van der Waals surface area (Å²) < 4.78 is 13.3. The predicted molar refractivity (Wildman–Crippen MR) is 122 cm³/mol. The smallest absolute Gasteiger partial charge is 0.121 e. The minimum absolute atomic E-state index is 0.701. The van der Waals surface area contributed by atoms with E-state index in [0.717, 1.165) is 72.7 Å². The van der Waals surface area contributed by atoms with Crippen LogP contribution in [0.2, 0.25) is 0 Å². The first-order valence-electron chi connectivity index (χ1n) is 10.8. The van der Waals surface area contributed by atoms with E-state index in [0.29, 0.717) is 6.61 Å². The van der Waals surface area contributed by atoms with Crippen molar-refractivity contribution in [2.75, 3.05) is 39.5 Å². The molecule has 2 aromatic heterocycles. The third-order valence-corrected chi connectivity index (χ3v) is 5.62. The van der Waals surface area contributed by atoms with Gasteiger partial charge < -0.3 is 9.47 Å². The van der Waals surface area contributed by atoms with Crippen LogP contribution in [-0.2, 0) is 4.74 Å². The normalized spacial score (nSPS) is 14.7. The minimum atomic E-state index is 0.701. The molecular formula is C25H26N4O2. The third kappa shape index (κ3) is 4.60. The maximum Gasteiger partial charge on any atom is 0.121 e. The summed E-state index contributed by atoms with van der Waals surface area (Å²) in [5.74, 6) is 0.860. The first-order chi connectivity index (χ1) is 15.4. The molecule has 31 heavy (non-hydrogen) atoms. The van der Waals surface area contributed by atoms with Crippen molar-refractivity contribution in [2.45, 2.75) is 6.42 Å². The first kappa shape index (κ1) is 19.7. The van der Waals surface area contributed by atoms with Gasteiger partial charge in [0, 0.05) is 49.0 Å². The summed E-state index contributed by atoms with van der Waals surface area (Å²) >= 11 is 0. The summed E-state index contributed by atoms with van der Waals surface area (Å²) in [6.07, 6.45) is 6.81. The van der Waals surface area contributed by atoms with Crippen molar-refractivity contribution >= 4 is 10.9 Å². The van der Waals surface area contributed by atoms with E-state index in [1.165, 1.54) is 0 Å². The van der Waals surface area contributed by atoms with Gasteiger partial charge in [0.2, 0.25) is 0 Å². The van der Waals surface area contributed by atoms with Gasteiger partial charge in [-0.2, -0.15) is 5.10 Å². The third-order valence-electron chi connectivity index (χ3n) is 5.62. The Morgan fingerprint density at radius 3 is 2.74 bits per heavy atom. The second-order valence-electron chi connectivity index (χ2n) is 7.70. The number of fused-ring (bicyclic) bond motifs is 1. The monoisotopic (exact) mass is 414 g/mol. The molecule has 0 amide bonds. The van der Waals surface area contributed by atoms with Crippen LogP contribution in [-0.4, -0.2) is 59.1 Å². The molecule has 1 aliphatic heterocycles. The molecule has 0 spiro atoms. The zero-order valence-electron chi connectivity index (χ0n) is 17.5. The molecule has 0 N–H and O–H groups in total. The van der Waals surface area contributed by atoms with E-state index in [1.54, 1.807) is 0 Å². The molecule has 0 bridgehead atoms. The highest BCUT2D eigenvalue weighted by Gasteiger charge is 2.11. The van der Waals surface area contributed by atoms with Crippen LogP contribution in [0.3, 0.4) is 0 Å². The fraction of sp³-hybridized carbons (Fsp3) is 0.280. The van der Waals surface area contributed by atoms with E-state index in [9.17, 15) is 0 Å². The van der Waals surface area contributed by atoms with Crippen molar-refractivity contribution in [1.29, 1.82) is 0 Å². The Balaban J connectivity index is 1.28. The number of rotatable bonds is 7. The van der Waals surface area contributed by atoms with Crippen LogP contribution in [0, 0.1) is 0 Å². The van der Waals surface area contributed by atoms with Crippen LogP contribution >= 0.6 is 0 Å². The molecule has 0 atom stereocenters. The van der Waals surface area contributed by atoms with Crippen LogP contribution in [0.25, 0.3) is 27.7 Å². The molecule has 6 nitrogen and oxygen atoms in total. The van der Waals surface area contributed by atoms with Gasteiger partial charge in [0.25, 0.3) is 0 Å². The number of para-hydroxylation sites is 1. The van der Waals surface area contributed by atoms with Gasteiger partial charge in [-0.1, -0.05) is 18.2 Å². The highest BCUT2D eigenvalue weighted by molar-refractivity contribution is 5.94. The fourth-order valence-electron chi connectivity index (χ4n) is 3.96. The molecule has 5 rings (SSSR count). The van der Waals surface area contributed by atoms with Gasteiger partial charge in [0.1, 0.15) is 5.75 Å². The van der Waals surface area contributed by atoms with Crippen LogP contribution in [0.1, 0.15) is 6.42 Å². The van der Waals surface area contributed by atoms with E-state index in [-0.39, 0.29) is 0 Å². The number of pyridine rings is 1. The van der Waals surface area contributed by atoms with Crippen LogP contribution < -0.4 is 4.74 Å². The number of benzene rings is 2. The lowest BCUT2D eigenvalue weighted by atomic mass is 10.0. The molecule has 0 saturated carbocycles. The van der Waals surface area contributed by atoms with Crippen LogP contribution in [0.4, 0.5) is 0 Å². The van der Waals surface area contributed by atoms with Crippen molar-refractivity contribution in [1.82, 2.24) is 19.7 Å². The molecular weight excluding hydrogens is 388 g/mol. The van der Waals surface area contributed by atoms with Crippen LogP contribution in [0.15, 0.2) is 73.2 Å². The number of morpholine rings is 1. The molecule has 4 aromatic rings. The lowest BCUT2D eigenvalue weighted by Gasteiger charge is -2.26. The Hall–Kier alpha value is -3.22. The topological polar surface area (TPSA) is 52.4 Å². The maximum atomic E-state index is 6.00. The van der Waals surface area contributed by atoms with Gasteiger partial charge in [-0.05, 0) is 42.3 Å². The molecule has 2 aromatic carbocycles. The first-order valence-corrected chi connectivity index (χ1v) is 10.8. The van der Waals surface area contributed by atoms with Crippen molar-refractivity contribution in [3.8, 4) is 22.6 Å². The second kappa shape index (κ2) is 9.29. The molecule has 0 unspecified atom stereocenters. The van der Waals surface area contributed by atoms with Gasteiger partial charge in [0.05, 0.1) is 37.2 Å². The molecule has 158 valence electrons. The molecule has 6 heteroatoms. The lowest BCUT2D eigenvalue weighted by molar-refractivity contribution is 0.0358. The average Bonchev–Trinajstić information content (AvgIpc) is 3.33. The van der Waals surface area contributed by atoms with E-state index in [4.69, 9.17) is 9.47 Å². The van der Waals surface area contributed by atoms with Crippen molar-refractivity contribution in [3.63, 3.8) is 0 Å². The van der Waals surface area contributed by atoms with Gasteiger partial charge in [-0.3, -0.25) is 9.88 Å². The van der Waals surface area contributed by atoms with E-state index >= 15 is 0 Å². The van der Waals surface area contributed by atoms with E-state index in [1.807, 2.05) is 65.6 Å². The highest BCUT2D eigenvalue weighted by Crippen LogP contribution is 2.30. The molecule has 0 aliphatic carbocycles. The Morgan fingerprint density at radius 1 is 1.00 bits per heavy atom. The number of aromatic nitrogens is 3. The van der Waals surface area contributed by atoms with Crippen molar-refractivity contribution < 1.29 is 9.47 Å². The lowest BCUT2D eigenvalue weighted by Crippen LogP contribution is -2.37. The Bertz CT molecular complexity index is 1140.